The monoisotopic (exact) mass is 302 g/mol. The van der Waals surface area contributed by atoms with Crippen LogP contribution >= 0.6 is 11.3 Å². The van der Waals surface area contributed by atoms with Crippen molar-refractivity contribution in [3.8, 4) is 0 Å². The number of piperidine rings is 1. The molecule has 1 amide bonds. The van der Waals surface area contributed by atoms with E-state index >= 15 is 0 Å². The number of likely N-dealkylation sites (tertiary alicyclic amines) is 1. The number of carbonyl (C=O) groups is 1. The highest BCUT2D eigenvalue weighted by Crippen LogP contribution is 2.26. The molecule has 0 unspecified atom stereocenters. The van der Waals surface area contributed by atoms with E-state index in [1.165, 1.54) is 0 Å². The minimum atomic E-state index is 0.179. The maximum Gasteiger partial charge on any atom is 0.228 e. The van der Waals surface area contributed by atoms with Gasteiger partial charge in [-0.05, 0) is 19.8 Å². The number of aryl methyl sites for hydroxylation is 1. The fourth-order valence-corrected chi connectivity index (χ4v) is 3.31. The van der Waals surface area contributed by atoms with E-state index in [9.17, 15) is 4.79 Å². The Morgan fingerprint density at radius 1 is 1.38 bits per heavy atom. The smallest absolute Gasteiger partial charge is 0.228 e. The van der Waals surface area contributed by atoms with Crippen molar-refractivity contribution in [3.05, 3.63) is 40.4 Å². The van der Waals surface area contributed by atoms with Crippen molar-refractivity contribution >= 4 is 17.2 Å². The SMILES string of the molecule is Cc1nc(CC(=O)N2CCC(c3cnccn3)CC2)cs1. The van der Waals surface area contributed by atoms with Crippen molar-refractivity contribution in [1.82, 2.24) is 19.9 Å². The second-order valence-corrected chi connectivity index (χ2v) is 6.38. The zero-order valence-corrected chi connectivity index (χ0v) is 12.8. The molecule has 0 aromatic carbocycles. The maximum absolute atomic E-state index is 12.3. The lowest BCUT2D eigenvalue weighted by Crippen LogP contribution is -2.39. The van der Waals surface area contributed by atoms with E-state index in [0.29, 0.717) is 12.3 Å². The Kier molecular flexibility index (Phi) is 4.24. The highest BCUT2D eigenvalue weighted by atomic mass is 32.1. The predicted molar refractivity (Wildman–Crippen MR) is 81.1 cm³/mol. The first-order valence-electron chi connectivity index (χ1n) is 7.17. The van der Waals surface area contributed by atoms with Crippen molar-refractivity contribution in [2.45, 2.75) is 32.1 Å². The summed E-state index contributed by atoms with van der Waals surface area (Å²) < 4.78 is 0. The predicted octanol–water partition coefficient (Wildman–Crippen LogP) is 2.19. The van der Waals surface area contributed by atoms with Crippen molar-refractivity contribution in [1.29, 1.82) is 0 Å². The molecule has 3 rings (SSSR count). The van der Waals surface area contributed by atoms with Crippen molar-refractivity contribution in [2.24, 2.45) is 0 Å². The van der Waals surface area contributed by atoms with Crippen LogP contribution < -0.4 is 0 Å². The molecule has 21 heavy (non-hydrogen) atoms. The Hall–Kier alpha value is -1.82. The molecule has 1 aliphatic heterocycles. The van der Waals surface area contributed by atoms with E-state index in [0.717, 1.165) is 42.3 Å². The molecule has 0 aliphatic carbocycles. The summed E-state index contributed by atoms with van der Waals surface area (Å²) in [6.07, 6.45) is 7.59. The number of carbonyl (C=O) groups excluding carboxylic acids is 1. The quantitative estimate of drug-likeness (QED) is 0.872. The van der Waals surface area contributed by atoms with Gasteiger partial charge in [0.25, 0.3) is 0 Å². The van der Waals surface area contributed by atoms with Crippen LogP contribution in [0.1, 0.15) is 35.2 Å². The Bertz CT molecular complexity index is 605. The molecule has 3 heterocycles. The number of hydrogen-bond donors (Lipinski definition) is 0. The molecule has 0 radical (unpaired) electrons. The first kappa shape index (κ1) is 14.1. The molecule has 1 saturated heterocycles. The second kappa shape index (κ2) is 6.30. The lowest BCUT2D eigenvalue weighted by molar-refractivity contribution is -0.131. The largest absolute Gasteiger partial charge is 0.342 e. The van der Waals surface area contributed by atoms with E-state index in [-0.39, 0.29) is 5.91 Å². The zero-order chi connectivity index (χ0) is 14.7. The molecule has 5 nitrogen and oxygen atoms in total. The molecule has 0 atom stereocenters. The van der Waals surface area contributed by atoms with Gasteiger partial charge in [-0.2, -0.15) is 0 Å². The molecule has 2 aromatic rings. The van der Waals surface area contributed by atoms with Crippen LogP contribution in [0.25, 0.3) is 0 Å². The van der Waals surface area contributed by atoms with Gasteiger partial charge in [0, 0.05) is 43.0 Å². The van der Waals surface area contributed by atoms with E-state index < -0.39 is 0 Å². The number of hydrogen-bond acceptors (Lipinski definition) is 5. The molecule has 2 aromatic heterocycles. The third-order valence-electron chi connectivity index (χ3n) is 3.85. The molecule has 0 bridgehead atoms. The fraction of sp³-hybridized carbons (Fsp3) is 0.467. The van der Waals surface area contributed by atoms with Gasteiger partial charge < -0.3 is 4.90 Å². The normalized spacial score (nSPS) is 16.1. The van der Waals surface area contributed by atoms with Gasteiger partial charge in [0.2, 0.25) is 5.91 Å². The fourth-order valence-electron chi connectivity index (χ4n) is 2.70. The van der Waals surface area contributed by atoms with Crippen LogP contribution in [0.2, 0.25) is 0 Å². The molecular formula is C15H18N4OS. The second-order valence-electron chi connectivity index (χ2n) is 5.32. The minimum absolute atomic E-state index is 0.179. The van der Waals surface area contributed by atoms with Crippen LogP contribution in [0.15, 0.2) is 24.0 Å². The van der Waals surface area contributed by atoms with Crippen molar-refractivity contribution in [2.75, 3.05) is 13.1 Å². The molecular weight excluding hydrogens is 284 g/mol. The summed E-state index contributed by atoms with van der Waals surface area (Å²) in [7, 11) is 0. The Labute approximate surface area is 128 Å². The summed E-state index contributed by atoms with van der Waals surface area (Å²) in [6, 6.07) is 0. The van der Waals surface area contributed by atoms with Crippen LogP contribution in [-0.2, 0) is 11.2 Å². The third kappa shape index (κ3) is 3.44. The molecule has 1 fully saturated rings. The topological polar surface area (TPSA) is 59.0 Å². The van der Waals surface area contributed by atoms with E-state index in [2.05, 4.69) is 15.0 Å². The summed E-state index contributed by atoms with van der Waals surface area (Å²) in [4.78, 5) is 27.1. The van der Waals surface area contributed by atoms with Crippen molar-refractivity contribution in [3.63, 3.8) is 0 Å². The summed E-state index contributed by atoms with van der Waals surface area (Å²) in [5, 5.41) is 2.98. The zero-order valence-electron chi connectivity index (χ0n) is 12.0. The first-order valence-corrected chi connectivity index (χ1v) is 8.05. The van der Waals surface area contributed by atoms with Crippen LogP contribution in [0.4, 0.5) is 0 Å². The van der Waals surface area contributed by atoms with Crippen LogP contribution in [0.3, 0.4) is 0 Å². The molecule has 0 saturated carbocycles. The van der Waals surface area contributed by atoms with Gasteiger partial charge in [-0.3, -0.25) is 14.8 Å². The van der Waals surface area contributed by atoms with Gasteiger partial charge in [0.1, 0.15) is 0 Å². The van der Waals surface area contributed by atoms with E-state index in [1.54, 1.807) is 23.7 Å². The lowest BCUT2D eigenvalue weighted by Gasteiger charge is -2.31. The molecule has 0 N–H and O–H groups in total. The Balaban J connectivity index is 1.54. The number of amides is 1. The maximum atomic E-state index is 12.3. The number of aromatic nitrogens is 3. The summed E-state index contributed by atoms with van der Waals surface area (Å²) >= 11 is 1.59. The van der Waals surface area contributed by atoms with Gasteiger partial charge in [-0.1, -0.05) is 0 Å². The van der Waals surface area contributed by atoms with Crippen molar-refractivity contribution < 1.29 is 4.79 Å². The number of thiazole rings is 1. The van der Waals surface area contributed by atoms with Crippen LogP contribution in [-0.4, -0.2) is 38.8 Å². The summed E-state index contributed by atoms with van der Waals surface area (Å²) in [5.74, 6) is 0.599. The molecule has 110 valence electrons. The van der Waals surface area contributed by atoms with Gasteiger partial charge in [0.15, 0.2) is 0 Å². The molecule has 1 aliphatic rings. The lowest BCUT2D eigenvalue weighted by atomic mass is 9.93. The Morgan fingerprint density at radius 2 is 2.19 bits per heavy atom. The number of rotatable bonds is 3. The highest BCUT2D eigenvalue weighted by molar-refractivity contribution is 7.09. The number of nitrogens with zero attached hydrogens (tertiary/aromatic N) is 4. The highest BCUT2D eigenvalue weighted by Gasteiger charge is 2.24. The van der Waals surface area contributed by atoms with Gasteiger partial charge in [-0.15, -0.1) is 11.3 Å². The average Bonchev–Trinajstić information content (AvgIpc) is 2.93. The van der Waals surface area contributed by atoms with Gasteiger partial charge >= 0.3 is 0 Å². The van der Waals surface area contributed by atoms with Gasteiger partial charge in [-0.25, -0.2) is 4.98 Å². The first-order chi connectivity index (χ1) is 10.2. The average molecular weight is 302 g/mol. The Morgan fingerprint density at radius 3 is 2.81 bits per heavy atom. The van der Waals surface area contributed by atoms with E-state index in [4.69, 9.17) is 0 Å². The summed E-state index contributed by atoms with van der Waals surface area (Å²) in [5.41, 5.74) is 1.93. The standard InChI is InChI=1S/C15H18N4OS/c1-11-18-13(10-21-11)8-15(20)19-6-2-12(3-7-19)14-9-16-4-5-17-14/h4-5,9-10,12H,2-3,6-8H2,1H3. The minimum Gasteiger partial charge on any atom is -0.342 e. The van der Waals surface area contributed by atoms with Crippen LogP contribution in [0, 0.1) is 6.92 Å². The molecule has 6 heteroatoms. The van der Waals surface area contributed by atoms with Gasteiger partial charge in [0.05, 0.1) is 22.8 Å². The third-order valence-corrected chi connectivity index (χ3v) is 4.67. The summed E-state index contributed by atoms with van der Waals surface area (Å²) in [6.45, 7) is 3.55. The molecule has 0 spiro atoms. The van der Waals surface area contributed by atoms with E-state index in [1.807, 2.05) is 23.4 Å². The van der Waals surface area contributed by atoms with Crippen LogP contribution in [0.5, 0.6) is 0 Å².